The van der Waals surface area contributed by atoms with Crippen LogP contribution < -0.4 is 5.32 Å². The van der Waals surface area contributed by atoms with Gasteiger partial charge in [-0.3, -0.25) is 0 Å². The summed E-state index contributed by atoms with van der Waals surface area (Å²) in [4.78, 5) is 11.3. The Balaban J connectivity index is 0.00000243. The minimum absolute atomic E-state index is 0. The summed E-state index contributed by atoms with van der Waals surface area (Å²) in [5.41, 5.74) is 1.44. The Morgan fingerprint density at radius 1 is 1.35 bits per heavy atom. The predicted octanol–water partition coefficient (Wildman–Crippen LogP) is 3.59. The zero-order valence-electron chi connectivity index (χ0n) is 15.7. The summed E-state index contributed by atoms with van der Waals surface area (Å²) in [5, 5.41) is 7.21. The number of benzene rings is 1. The molecule has 1 aliphatic heterocycles. The molecule has 1 saturated heterocycles. The third-order valence-electron chi connectivity index (χ3n) is 4.70. The number of piperidine rings is 1. The molecule has 2 heterocycles. The fourth-order valence-corrected chi connectivity index (χ4v) is 3.51. The number of hydrogen-bond acceptors (Lipinski definition) is 4. The SMILES string of the molecule is CCNC(=NCc1nc(C)no1)N1CCC(c2ccccc2)C(C)C1.I. The van der Waals surface area contributed by atoms with E-state index < -0.39 is 0 Å². The number of aryl methyl sites for hydroxylation is 1. The van der Waals surface area contributed by atoms with Gasteiger partial charge in [-0.2, -0.15) is 4.98 Å². The molecule has 0 radical (unpaired) electrons. The summed E-state index contributed by atoms with van der Waals surface area (Å²) in [7, 11) is 0. The molecule has 142 valence electrons. The van der Waals surface area contributed by atoms with Crippen molar-refractivity contribution in [2.75, 3.05) is 19.6 Å². The molecule has 0 amide bonds. The molecule has 26 heavy (non-hydrogen) atoms. The summed E-state index contributed by atoms with van der Waals surface area (Å²) >= 11 is 0. The van der Waals surface area contributed by atoms with Crippen LogP contribution in [0.2, 0.25) is 0 Å². The molecular formula is C19H28IN5O. The van der Waals surface area contributed by atoms with Gasteiger partial charge in [0.15, 0.2) is 11.8 Å². The Morgan fingerprint density at radius 2 is 2.12 bits per heavy atom. The van der Waals surface area contributed by atoms with Crippen molar-refractivity contribution in [3.8, 4) is 0 Å². The van der Waals surface area contributed by atoms with E-state index in [0.29, 0.717) is 30.1 Å². The normalized spacial score (nSPS) is 20.6. The highest BCUT2D eigenvalue weighted by Gasteiger charge is 2.28. The van der Waals surface area contributed by atoms with Crippen molar-refractivity contribution in [1.29, 1.82) is 0 Å². The van der Waals surface area contributed by atoms with Crippen molar-refractivity contribution < 1.29 is 4.52 Å². The molecular weight excluding hydrogens is 441 g/mol. The molecule has 1 N–H and O–H groups in total. The van der Waals surface area contributed by atoms with Gasteiger partial charge in [0.1, 0.15) is 6.54 Å². The Labute approximate surface area is 172 Å². The Bertz CT molecular complexity index is 703. The van der Waals surface area contributed by atoms with Crippen LogP contribution in [0, 0.1) is 12.8 Å². The third kappa shape index (κ3) is 5.18. The Kier molecular flexibility index (Phi) is 7.86. The minimum Gasteiger partial charge on any atom is -0.357 e. The first-order valence-electron chi connectivity index (χ1n) is 9.04. The largest absolute Gasteiger partial charge is 0.357 e. The maximum absolute atomic E-state index is 5.16. The van der Waals surface area contributed by atoms with Gasteiger partial charge in [-0.25, -0.2) is 4.99 Å². The van der Waals surface area contributed by atoms with Crippen LogP contribution in [-0.4, -0.2) is 40.6 Å². The lowest BCUT2D eigenvalue weighted by atomic mass is 9.82. The first kappa shape index (κ1) is 20.7. The fourth-order valence-electron chi connectivity index (χ4n) is 3.51. The highest BCUT2D eigenvalue weighted by Crippen LogP contribution is 2.32. The van der Waals surface area contributed by atoms with Gasteiger partial charge in [0.05, 0.1) is 0 Å². The van der Waals surface area contributed by atoms with Crippen LogP contribution in [0.1, 0.15) is 43.5 Å². The minimum atomic E-state index is 0. The van der Waals surface area contributed by atoms with Crippen molar-refractivity contribution in [2.45, 2.75) is 39.7 Å². The quantitative estimate of drug-likeness (QED) is 0.421. The first-order chi connectivity index (χ1) is 12.2. The molecule has 6 nitrogen and oxygen atoms in total. The smallest absolute Gasteiger partial charge is 0.248 e. The highest BCUT2D eigenvalue weighted by atomic mass is 127. The summed E-state index contributed by atoms with van der Waals surface area (Å²) in [6.07, 6.45) is 1.13. The molecule has 0 saturated carbocycles. The van der Waals surface area contributed by atoms with Crippen molar-refractivity contribution in [3.05, 3.63) is 47.6 Å². The molecule has 1 fully saturated rings. The lowest BCUT2D eigenvalue weighted by Crippen LogP contribution is -2.48. The van der Waals surface area contributed by atoms with Crippen LogP contribution in [0.5, 0.6) is 0 Å². The molecule has 1 aromatic heterocycles. The zero-order chi connectivity index (χ0) is 17.6. The number of guanidine groups is 1. The van der Waals surface area contributed by atoms with Gasteiger partial charge in [0.2, 0.25) is 5.89 Å². The van der Waals surface area contributed by atoms with Gasteiger partial charge in [0.25, 0.3) is 0 Å². The summed E-state index contributed by atoms with van der Waals surface area (Å²) in [6, 6.07) is 10.8. The van der Waals surface area contributed by atoms with E-state index in [-0.39, 0.29) is 24.0 Å². The second kappa shape index (κ2) is 9.89. The van der Waals surface area contributed by atoms with Crippen molar-refractivity contribution in [1.82, 2.24) is 20.4 Å². The number of nitrogens with one attached hydrogen (secondary N) is 1. The zero-order valence-corrected chi connectivity index (χ0v) is 18.0. The second-order valence-corrected chi connectivity index (χ2v) is 6.63. The van der Waals surface area contributed by atoms with Crippen LogP contribution in [0.3, 0.4) is 0 Å². The average Bonchev–Trinajstić information content (AvgIpc) is 3.04. The van der Waals surface area contributed by atoms with Crippen LogP contribution in [0.4, 0.5) is 0 Å². The molecule has 1 aromatic carbocycles. The lowest BCUT2D eigenvalue weighted by Gasteiger charge is -2.38. The molecule has 1 aliphatic rings. The standard InChI is InChI=1S/C19H27N5O.HI/c1-4-20-19(21-12-18-22-15(3)23-25-18)24-11-10-17(14(2)13-24)16-8-6-5-7-9-16;/h5-9,14,17H,4,10-13H2,1-3H3,(H,20,21);1H. The maximum Gasteiger partial charge on any atom is 0.248 e. The van der Waals surface area contributed by atoms with Gasteiger partial charge < -0.3 is 14.7 Å². The number of nitrogens with zero attached hydrogens (tertiary/aromatic N) is 4. The predicted molar refractivity (Wildman–Crippen MR) is 114 cm³/mol. The summed E-state index contributed by atoms with van der Waals surface area (Å²) < 4.78 is 5.16. The molecule has 3 rings (SSSR count). The summed E-state index contributed by atoms with van der Waals surface area (Å²) in [5.74, 6) is 3.31. The number of aromatic nitrogens is 2. The molecule has 0 bridgehead atoms. The molecule has 2 atom stereocenters. The van der Waals surface area contributed by atoms with E-state index in [1.165, 1.54) is 5.56 Å². The number of rotatable bonds is 4. The monoisotopic (exact) mass is 469 g/mol. The van der Waals surface area contributed by atoms with E-state index in [2.05, 4.69) is 69.5 Å². The van der Waals surface area contributed by atoms with Gasteiger partial charge >= 0.3 is 0 Å². The topological polar surface area (TPSA) is 66.5 Å². The molecule has 2 aromatic rings. The van der Waals surface area contributed by atoms with Gasteiger partial charge in [-0.05, 0) is 37.7 Å². The van der Waals surface area contributed by atoms with E-state index in [9.17, 15) is 0 Å². The van der Waals surface area contributed by atoms with Crippen LogP contribution in [0.25, 0.3) is 0 Å². The number of likely N-dealkylation sites (tertiary alicyclic amines) is 1. The van der Waals surface area contributed by atoms with E-state index in [4.69, 9.17) is 4.52 Å². The first-order valence-corrected chi connectivity index (χ1v) is 9.04. The maximum atomic E-state index is 5.16. The molecule has 0 aliphatic carbocycles. The summed E-state index contributed by atoms with van der Waals surface area (Å²) in [6.45, 7) is 9.48. The van der Waals surface area contributed by atoms with E-state index >= 15 is 0 Å². The van der Waals surface area contributed by atoms with Gasteiger partial charge in [-0.1, -0.05) is 42.4 Å². The highest BCUT2D eigenvalue weighted by molar-refractivity contribution is 14.0. The van der Waals surface area contributed by atoms with Crippen molar-refractivity contribution in [2.24, 2.45) is 10.9 Å². The lowest BCUT2D eigenvalue weighted by molar-refractivity contribution is 0.234. The van der Waals surface area contributed by atoms with Crippen LogP contribution in [0.15, 0.2) is 39.8 Å². The van der Waals surface area contributed by atoms with E-state index in [1.807, 2.05) is 6.92 Å². The number of hydrogen-bond donors (Lipinski definition) is 1. The van der Waals surface area contributed by atoms with Crippen molar-refractivity contribution in [3.63, 3.8) is 0 Å². The van der Waals surface area contributed by atoms with Crippen LogP contribution >= 0.6 is 24.0 Å². The van der Waals surface area contributed by atoms with E-state index in [0.717, 1.165) is 32.0 Å². The second-order valence-electron chi connectivity index (χ2n) is 6.63. The average molecular weight is 469 g/mol. The molecule has 7 heteroatoms. The third-order valence-corrected chi connectivity index (χ3v) is 4.70. The molecule has 0 spiro atoms. The van der Waals surface area contributed by atoms with E-state index in [1.54, 1.807) is 0 Å². The Hall–Kier alpha value is -1.64. The Morgan fingerprint density at radius 3 is 2.73 bits per heavy atom. The van der Waals surface area contributed by atoms with Gasteiger partial charge in [0, 0.05) is 19.6 Å². The van der Waals surface area contributed by atoms with Gasteiger partial charge in [-0.15, -0.1) is 24.0 Å². The fraction of sp³-hybridized carbons (Fsp3) is 0.526. The molecule has 2 unspecified atom stereocenters. The van der Waals surface area contributed by atoms with Crippen LogP contribution in [-0.2, 0) is 6.54 Å². The number of aliphatic imine (C=N–C) groups is 1. The van der Waals surface area contributed by atoms with Crippen molar-refractivity contribution >= 4 is 29.9 Å². The number of halogens is 1.